The minimum absolute atomic E-state index is 0.412. The lowest BCUT2D eigenvalue weighted by molar-refractivity contribution is 0.351. The third-order valence-electron chi connectivity index (χ3n) is 3.28. The van der Waals surface area contributed by atoms with Gasteiger partial charge in [0.25, 0.3) is 0 Å². The van der Waals surface area contributed by atoms with E-state index in [2.05, 4.69) is 21.8 Å². The van der Waals surface area contributed by atoms with E-state index in [4.69, 9.17) is 4.74 Å². The molecule has 0 aromatic carbocycles. The Balaban J connectivity index is 1.95. The predicted octanol–water partition coefficient (Wildman–Crippen LogP) is 3.32. The highest BCUT2D eigenvalue weighted by molar-refractivity contribution is 5.18. The van der Waals surface area contributed by atoms with Crippen LogP contribution in [0.25, 0.3) is 0 Å². The first-order valence-corrected chi connectivity index (χ1v) is 6.80. The second-order valence-electron chi connectivity index (χ2n) is 4.61. The second kappa shape index (κ2) is 7.00. The van der Waals surface area contributed by atoms with Gasteiger partial charge < -0.3 is 4.74 Å². The van der Waals surface area contributed by atoms with Gasteiger partial charge >= 0.3 is 0 Å². The van der Waals surface area contributed by atoms with Crippen molar-refractivity contribution in [2.75, 3.05) is 6.61 Å². The van der Waals surface area contributed by atoms with E-state index in [1.165, 1.54) is 32.1 Å². The number of aromatic nitrogens is 2. The van der Waals surface area contributed by atoms with Crippen molar-refractivity contribution in [2.45, 2.75) is 51.4 Å². The molecule has 0 amide bonds. The first kappa shape index (κ1) is 12.9. The van der Waals surface area contributed by atoms with Crippen molar-refractivity contribution < 1.29 is 4.74 Å². The van der Waals surface area contributed by atoms with E-state index < -0.39 is 0 Å². The van der Waals surface area contributed by atoms with Gasteiger partial charge in [-0.05, 0) is 12.8 Å². The van der Waals surface area contributed by atoms with E-state index >= 15 is 0 Å². The van der Waals surface area contributed by atoms with Crippen LogP contribution in [-0.4, -0.2) is 16.6 Å². The summed E-state index contributed by atoms with van der Waals surface area (Å²) in [6.45, 7) is 2.44. The Bertz CT molecular complexity index is 428. The van der Waals surface area contributed by atoms with E-state index in [1.54, 1.807) is 6.33 Å². The molecule has 0 aliphatic heterocycles. The lowest BCUT2D eigenvalue weighted by Crippen LogP contribution is -2.07. The van der Waals surface area contributed by atoms with Crippen molar-refractivity contribution in [1.82, 2.24) is 9.97 Å². The number of rotatable bonds is 3. The smallest absolute Gasteiger partial charge is 0.217 e. The average Bonchev–Trinajstić information content (AvgIpc) is 2.45. The van der Waals surface area contributed by atoms with E-state index in [0.29, 0.717) is 18.4 Å². The van der Waals surface area contributed by atoms with Crippen molar-refractivity contribution in [2.24, 2.45) is 0 Å². The minimum atomic E-state index is 0.412. The fourth-order valence-corrected chi connectivity index (χ4v) is 2.34. The largest absolute Gasteiger partial charge is 0.464 e. The van der Waals surface area contributed by atoms with Gasteiger partial charge in [-0.2, -0.15) is 0 Å². The van der Waals surface area contributed by atoms with Crippen molar-refractivity contribution in [3.8, 4) is 17.7 Å². The highest BCUT2D eigenvalue weighted by Crippen LogP contribution is 2.32. The molecule has 0 N–H and O–H groups in total. The zero-order chi connectivity index (χ0) is 12.6. The molecular formula is C15H20N2O. The Morgan fingerprint density at radius 2 is 2.06 bits per heavy atom. The fraction of sp³-hybridized carbons (Fsp3) is 0.600. The summed E-state index contributed by atoms with van der Waals surface area (Å²) in [7, 11) is 0. The van der Waals surface area contributed by atoms with E-state index in [-0.39, 0.29) is 0 Å². The van der Waals surface area contributed by atoms with Gasteiger partial charge in [-0.1, -0.05) is 32.1 Å². The summed E-state index contributed by atoms with van der Waals surface area (Å²) >= 11 is 0. The molecule has 0 bridgehead atoms. The van der Waals surface area contributed by atoms with E-state index in [0.717, 1.165) is 12.1 Å². The number of hydrogen-bond donors (Lipinski definition) is 0. The SMILES string of the molecule is CCC#CCOc1cc(C2CCCCC2)ncn1. The maximum absolute atomic E-state index is 5.51. The summed E-state index contributed by atoms with van der Waals surface area (Å²) in [5.41, 5.74) is 1.13. The molecule has 96 valence electrons. The van der Waals surface area contributed by atoms with Gasteiger partial charge in [0.1, 0.15) is 6.33 Å². The van der Waals surface area contributed by atoms with Crippen LogP contribution >= 0.6 is 0 Å². The molecule has 1 aliphatic carbocycles. The van der Waals surface area contributed by atoms with Crippen molar-refractivity contribution in [3.63, 3.8) is 0 Å². The first-order valence-electron chi connectivity index (χ1n) is 6.80. The quantitative estimate of drug-likeness (QED) is 0.765. The van der Waals surface area contributed by atoms with Gasteiger partial charge in [0.05, 0.1) is 5.69 Å². The Kier molecular flexibility index (Phi) is 5.01. The predicted molar refractivity (Wildman–Crippen MR) is 71.4 cm³/mol. The third kappa shape index (κ3) is 3.73. The van der Waals surface area contributed by atoms with Gasteiger partial charge in [-0.3, -0.25) is 0 Å². The van der Waals surface area contributed by atoms with Gasteiger partial charge in [-0.15, -0.1) is 5.92 Å². The van der Waals surface area contributed by atoms with Crippen LogP contribution in [0, 0.1) is 11.8 Å². The highest BCUT2D eigenvalue weighted by atomic mass is 16.5. The van der Waals surface area contributed by atoms with Crippen molar-refractivity contribution >= 4 is 0 Å². The fourth-order valence-electron chi connectivity index (χ4n) is 2.34. The van der Waals surface area contributed by atoms with E-state index in [9.17, 15) is 0 Å². The van der Waals surface area contributed by atoms with Crippen LogP contribution in [0.4, 0.5) is 0 Å². The van der Waals surface area contributed by atoms with Crippen LogP contribution in [0.3, 0.4) is 0 Å². The standard InChI is InChI=1S/C15H20N2O/c1-2-3-7-10-18-15-11-14(16-12-17-15)13-8-5-4-6-9-13/h11-13H,2,4-6,8-10H2,1H3. The number of ether oxygens (including phenoxy) is 1. The Labute approximate surface area is 109 Å². The van der Waals surface area contributed by atoms with Crippen LogP contribution in [0.15, 0.2) is 12.4 Å². The Morgan fingerprint density at radius 1 is 1.22 bits per heavy atom. The molecule has 3 heteroatoms. The molecule has 18 heavy (non-hydrogen) atoms. The van der Waals surface area contributed by atoms with Crippen LogP contribution in [-0.2, 0) is 0 Å². The summed E-state index contributed by atoms with van der Waals surface area (Å²) in [5.74, 6) is 7.17. The van der Waals surface area contributed by atoms with Crippen LogP contribution in [0.1, 0.15) is 57.1 Å². The molecule has 1 aliphatic rings. The zero-order valence-corrected chi connectivity index (χ0v) is 11.0. The summed E-state index contributed by atoms with van der Waals surface area (Å²) < 4.78 is 5.51. The topological polar surface area (TPSA) is 35.0 Å². The molecular weight excluding hydrogens is 224 g/mol. The Hall–Kier alpha value is -1.56. The highest BCUT2D eigenvalue weighted by Gasteiger charge is 2.17. The minimum Gasteiger partial charge on any atom is -0.464 e. The monoisotopic (exact) mass is 244 g/mol. The summed E-state index contributed by atoms with van der Waals surface area (Å²) in [5, 5.41) is 0. The lowest BCUT2D eigenvalue weighted by atomic mass is 9.87. The molecule has 2 rings (SSSR count). The molecule has 0 radical (unpaired) electrons. The van der Waals surface area contributed by atoms with E-state index in [1.807, 2.05) is 13.0 Å². The average molecular weight is 244 g/mol. The maximum Gasteiger partial charge on any atom is 0.217 e. The van der Waals surface area contributed by atoms with Crippen molar-refractivity contribution in [1.29, 1.82) is 0 Å². The van der Waals surface area contributed by atoms with Gasteiger partial charge in [0, 0.05) is 18.4 Å². The van der Waals surface area contributed by atoms with Crippen molar-refractivity contribution in [3.05, 3.63) is 18.1 Å². The van der Waals surface area contributed by atoms with Gasteiger partial charge in [0.15, 0.2) is 6.61 Å². The molecule has 1 saturated carbocycles. The van der Waals surface area contributed by atoms with Gasteiger partial charge in [-0.25, -0.2) is 9.97 Å². The number of hydrogen-bond acceptors (Lipinski definition) is 3. The molecule has 1 aromatic rings. The molecule has 1 aromatic heterocycles. The van der Waals surface area contributed by atoms with Crippen LogP contribution in [0.5, 0.6) is 5.88 Å². The molecule has 1 fully saturated rings. The molecule has 0 saturated heterocycles. The lowest BCUT2D eigenvalue weighted by Gasteiger charge is -2.20. The van der Waals surface area contributed by atoms with Crippen LogP contribution in [0.2, 0.25) is 0 Å². The molecule has 1 heterocycles. The molecule has 0 spiro atoms. The maximum atomic E-state index is 5.51. The summed E-state index contributed by atoms with van der Waals surface area (Å²) in [4.78, 5) is 8.51. The zero-order valence-electron chi connectivity index (χ0n) is 11.0. The van der Waals surface area contributed by atoms with Gasteiger partial charge in [0.2, 0.25) is 5.88 Å². The first-order chi connectivity index (χ1) is 8.90. The third-order valence-corrected chi connectivity index (χ3v) is 3.28. The normalized spacial score (nSPS) is 15.8. The summed E-state index contributed by atoms with van der Waals surface area (Å²) in [6, 6.07) is 1.98. The number of nitrogens with zero attached hydrogens (tertiary/aromatic N) is 2. The molecule has 0 unspecified atom stereocenters. The molecule has 3 nitrogen and oxygen atoms in total. The molecule has 0 atom stereocenters. The van der Waals surface area contributed by atoms with Crippen LogP contribution < -0.4 is 4.74 Å². The summed E-state index contributed by atoms with van der Waals surface area (Å²) in [6.07, 6.45) is 8.93. The Morgan fingerprint density at radius 3 is 2.83 bits per heavy atom. The second-order valence-corrected chi connectivity index (χ2v) is 4.61.